The van der Waals surface area contributed by atoms with Crippen LogP contribution in [0.2, 0.25) is 0 Å². The molecule has 1 atom stereocenters. The Bertz CT molecular complexity index is 860. The van der Waals surface area contributed by atoms with Crippen LogP contribution in [0.4, 0.5) is 0 Å². The number of unbranched alkanes of at least 4 members (excludes halogenated alkanes) is 1. The van der Waals surface area contributed by atoms with Gasteiger partial charge in [-0.1, -0.05) is 61.4 Å². The molecule has 2 fully saturated rings. The number of hydrogen-bond donors (Lipinski definition) is 0. The van der Waals surface area contributed by atoms with Crippen molar-refractivity contribution in [2.45, 2.75) is 60.5 Å². The first-order valence-corrected chi connectivity index (χ1v) is 12.2. The summed E-state index contributed by atoms with van der Waals surface area (Å²) in [5.41, 5.74) is 1.45. The lowest BCUT2D eigenvalue weighted by Crippen LogP contribution is -2.45. The van der Waals surface area contributed by atoms with E-state index in [9.17, 15) is 8.42 Å². The second-order valence-electron chi connectivity index (χ2n) is 8.51. The molecule has 0 spiro atoms. The third-order valence-electron chi connectivity index (χ3n) is 6.79. The summed E-state index contributed by atoms with van der Waals surface area (Å²) in [5, 5.41) is 0. The molecular formula is C24H31NO2S. The SMILES string of the molecule is O=S(=O)(c1ccccc1)C1(CCCCN2CCC(c3ccccc3)C2)CCC1. The monoisotopic (exact) mass is 397 g/mol. The first kappa shape index (κ1) is 19.7. The molecule has 150 valence electrons. The average molecular weight is 398 g/mol. The van der Waals surface area contributed by atoms with Gasteiger partial charge in [-0.2, -0.15) is 0 Å². The van der Waals surface area contributed by atoms with Crippen molar-refractivity contribution in [2.75, 3.05) is 19.6 Å². The highest BCUT2D eigenvalue weighted by atomic mass is 32.2. The van der Waals surface area contributed by atoms with E-state index in [0.29, 0.717) is 10.8 Å². The maximum Gasteiger partial charge on any atom is 0.184 e. The lowest BCUT2D eigenvalue weighted by atomic mass is 9.80. The summed E-state index contributed by atoms with van der Waals surface area (Å²) in [6, 6.07) is 19.9. The minimum Gasteiger partial charge on any atom is -0.303 e. The van der Waals surface area contributed by atoms with Crippen LogP contribution in [-0.4, -0.2) is 37.7 Å². The van der Waals surface area contributed by atoms with Gasteiger partial charge >= 0.3 is 0 Å². The molecule has 1 heterocycles. The molecule has 1 aliphatic heterocycles. The molecule has 4 rings (SSSR count). The van der Waals surface area contributed by atoms with Crippen LogP contribution in [0.1, 0.15) is 56.4 Å². The Morgan fingerprint density at radius 3 is 2.25 bits per heavy atom. The zero-order chi connectivity index (χ0) is 19.5. The van der Waals surface area contributed by atoms with Crippen LogP contribution in [0.15, 0.2) is 65.6 Å². The Balaban J connectivity index is 1.28. The number of nitrogens with zero attached hydrogens (tertiary/aromatic N) is 1. The fourth-order valence-corrected chi connectivity index (χ4v) is 7.14. The summed E-state index contributed by atoms with van der Waals surface area (Å²) in [5.74, 6) is 0.651. The highest BCUT2D eigenvalue weighted by molar-refractivity contribution is 7.93. The summed E-state index contributed by atoms with van der Waals surface area (Å²) >= 11 is 0. The Kier molecular flexibility index (Phi) is 5.88. The van der Waals surface area contributed by atoms with Gasteiger partial charge in [0.1, 0.15) is 0 Å². The Labute approximate surface area is 169 Å². The highest BCUT2D eigenvalue weighted by Crippen LogP contribution is 2.46. The molecule has 4 heteroatoms. The highest BCUT2D eigenvalue weighted by Gasteiger charge is 2.48. The minimum absolute atomic E-state index is 0.500. The molecule has 1 saturated carbocycles. The van der Waals surface area contributed by atoms with Crippen LogP contribution >= 0.6 is 0 Å². The predicted molar refractivity (Wildman–Crippen MR) is 114 cm³/mol. The quantitative estimate of drug-likeness (QED) is 0.586. The van der Waals surface area contributed by atoms with Crippen molar-refractivity contribution >= 4 is 9.84 Å². The van der Waals surface area contributed by atoms with Gasteiger partial charge in [-0.25, -0.2) is 8.42 Å². The summed E-state index contributed by atoms with van der Waals surface area (Å²) in [7, 11) is -3.22. The van der Waals surface area contributed by atoms with Gasteiger partial charge in [-0.3, -0.25) is 0 Å². The van der Waals surface area contributed by atoms with E-state index < -0.39 is 14.6 Å². The van der Waals surface area contributed by atoms with E-state index in [4.69, 9.17) is 0 Å². The third kappa shape index (κ3) is 3.90. The van der Waals surface area contributed by atoms with Crippen LogP contribution in [0.3, 0.4) is 0 Å². The largest absolute Gasteiger partial charge is 0.303 e. The molecule has 3 nitrogen and oxygen atoms in total. The molecule has 0 bridgehead atoms. The van der Waals surface area contributed by atoms with Gasteiger partial charge in [-0.15, -0.1) is 0 Å². The second kappa shape index (κ2) is 8.38. The van der Waals surface area contributed by atoms with Crippen molar-refractivity contribution in [3.8, 4) is 0 Å². The number of likely N-dealkylation sites (tertiary alicyclic amines) is 1. The topological polar surface area (TPSA) is 37.4 Å². The van der Waals surface area contributed by atoms with Gasteiger partial charge in [0.25, 0.3) is 0 Å². The average Bonchev–Trinajstić information content (AvgIpc) is 3.17. The first-order valence-electron chi connectivity index (χ1n) is 10.7. The minimum atomic E-state index is -3.22. The van der Waals surface area contributed by atoms with Gasteiger partial charge in [0.05, 0.1) is 9.64 Å². The van der Waals surface area contributed by atoms with Crippen molar-refractivity contribution in [1.82, 2.24) is 4.90 Å². The van der Waals surface area contributed by atoms with Crippen LogP contribution in [0.25, 0.3) is 0 Å². The van der Waals surface area contributed by atoms with E-state index in [2.05, 4.69) is 35.2 Å². The molecule has 1 unspecified atom stereocenters. The number of sulfone groups is 1. The predicted octanol–water partition coefficient (Wildman–Crippen LogP) is 5.04. The van der Waals surface area contributed by atoms with E-state index in [0.717, 1.165) is 58.2 Å². The molecular weight excluding hydrogens is 366 g/mol. The van der Waals surface area contributed by atoms with Crippen LogP contribution in [0.5, 0.6) is 0 Å². The maximum absolute atomic E-state index is 13.2. The standard InChI is InChI=1S/C24H31NO2S/c26-28(27,23-12-5-2-6-13-23)24(16-9-17-24)15-7-8-18-25-19-14-22(20-25)21-10-3-1-4-11-21/h1-6,10-13,22H,7-9,14-20H2. The molecule has 2 aliphatic rings. The summed E-state index contributed by atoms with van der Waals surface area (Å²) in [6.07, 6.45) is 6.81. The molecule has 2 aromatic carbocycles. The molecule has 0 radical (unpaired) electrons. The fourth-order valence-electron chi connectivity index (χ4n) is 4.89. The van der Waals surface area contributed by atoms with Gasteiger partial charge in [0.2, 0.25) is 0 Å². The molecule has 28 heavy (non-hydrogen) atoms. The van der Waals surface area contributed by atoms with Crippen LogP contribution < -0.4 is 0 Å². The molecule has 0 amide bonds. The van der Waals surface area contributed by atoms with E-state index in [1.54, 1.807) is 12.1 Å². The molecule has 0 N–H and O–H groups in total. The van der Waals surface area contributed by atoms with Gasteiger partial charge in [0.15, 0.2) is 9.84 Å². The number of benzene rings is 2. The summed E-state index contributed by atoms with van der Waals surface area (Å²) in [4.78, 5) is 3.05. The van der Waals surface area contributed by atoms with Crippen LogP contribution in [0, 0.1) is 0 Å². The van der Waals surface area contributed by atoms with Gasteiger partial charge < -0.3 is 4.90 Å². The Hall–Kier alpha value is -1.65. The second-order valence-corrected chi connectivity index (χ2v) is 10.9. The molecule has 2 aromatic rings. The first-order chi connectivity index (χ1) is 13.6. The van der Waals surface area contributed by atoms with E-state index in [1.165, 1.54) is 12.0 Å². The summed E-state index contributed by atoms with van der Waals surface area (Å²) in [6.45, 7) is 3.38. The van der Waals surface area contributed by atoms with Crippen molar-refractivity contribution in [3.63, 3.8) is 0 Å². The van der Waals surface area contributed by atoms with E-state index in [-0.39, 0.29) is 0 Å². The Morgan fingerprint density at radius 1 is 0.929 bits per heavy atom. The fraction of sp³-hybridized carbons (Fsp3) is 0.500. The zero-order valence-corrected chi connectivity index (χ0v) is 17.4. The van der Waals surface area contributed by atoms with E-state index in [1.807, 2.05) is 18.2 Å². The molecule has 1 saturated heterocycles. The van der Waals surface area contributed by atoms with Crippen molar-refractivity contribution in [1.29, 1.82) is 0 Å². The number of hydrogen-bond acceptors (Lipinski definition) is 3. The molecule has 0 aromatic heterocycles. The third-order valence-corrected chi connectivity index (χ3v) is 9.43. The Morgan fingerprint density at radius 2 is 1.61 bits per heavy atom. The summed E-state index contributed by atoms with van der Waals surface area (Å²) < 4.78 is 25.8. The van der Waals surface area contributed by atoms with Crippen molar-refractivity contribution < 1.29 is 8.42 Å². The van der Waals surface area contributed by atoms with Crippen molar-refractivity contribution in [2.24, 2.45) is 0 Å². The number of rotatable bonds is 8. The molecule has 1 aliphatic carbocycles. The maximum atomic E-state index is 13.2. The van der Waals surface area contributed by atoms with E-state index >= 15 is 0 Å². The van der Waals surface area contributed by atoms with Crippen molar-refractivity contribution in [3.05, 3.63) is 66.2 Å². The normalized spacial score (nSPS) is 22.1. The zero-order valence-electron chi connectivity index (χ0n) is 16.6. The lowest BCUT2D eigenvalue weighted by Gasteiger charge is -2.41. The van der Waals surface area contributed by atoms with Gasteiger partial charge in [0, 0.05) is 6.54 Å². The van der Waals surface area contributed by atoms with Crippen LogP contribution in [-0.2, 0) is 9.84 Å². The lowest BCUT2D eigenvalue weighted by molar-refractivity contribution is 0.287. The smallest absolute Gasteiger partial charge is 0.184 e. The van der Waals surface area contributed by atoms with Gasteiger partial charge in [-0.05, 0) is 68.8 Å².